The molecule has 2 rings (SSSR count). The number of aromatic nitrogens is 4. The van der Waals surface area contributed by atoms with Gasteiger partial charge in [0.05, 0.1) is 17.8 Å². The molecular weight excluding hydrogens is 182 g/mol. The Labute approximate surface area is 80.7 Å². The van der Waals surface area contributed by atoms with Crippen molar-refractivity contribution in [3.05, 3.63) is 17.7 Å². The predicted molar refractivity (Wildman–Crippen MR) is 49.1 cm³/mol. The second kappa shape index (κ2) is 3.22. The zero-order chi connectivity index (χ0) is 10.1. The van der Waals surface area contributed by atoms with Crippen LogP contribution in [0.15, 0.2) is 10.7 Å². The third-order valence-corrected chi connectivity index (χ3v) is 1.89. The number of hydrogen-bond acceptors (Lipinski definition) is 5. The maximum Gasteiger partial charge on any atom is 0.261 e. The predicted octanol–water partition coefficient (Wildman–Crippen LogP) is 0.237. The molecule has 14 heavy (non-hydrogen) atoms. The van der Waals surface area contributed by atoms with E-state index in [1.165, 1.54) is 0 Å². The van der Waals surface area contributed by atoms with E-state index in [0.717, 1.165) is 11.3 Å². The van der Waals surface area contributed by atoms with Crippen molar-refractivity contribution in [2.75, 3.05) is 0 Å². The van der Waals surface area contributed by atoms with Gasteiger partial charge in [-0.05, 0) is 6.92 Å². The number of nitrogens with zero attached hydrogens (tertiary/aromatic N) is 4. The van der Waals surface area contributed by atoms with Crippen molar-refractivity contribution in [2.24, 2.45) is 12.8 Å². The van der Waals surface area contributed by atoms with Crippen LogP contribution in [0, 0.1) is 6.92 Å². The molecule has 0 atom stereocenters. The van der Waals surface area contributed by atoms with Crippen LogP contribution >= 0.6 is 0 Å². The van der Waals surface area contributed by atoms with Crippen LogP contribution in [0.1, 0.15) is 11.5 Å². The highest BCUT2D eigenvalue weighted by molar-refractivity contribution is 5.54. The van der Waals surface area contributed by atoms with Gasteiger partial charge in [0, 0.05) is 13.2 Å². The van der Waals surface area contributed by atoms with Gasteiger partial charge in [0.1, 0.15) is 0 Å². The first kappa shape index (κ1) is 8.89. The van der Waals surface area contributed by atoms with Crippen LogP contribution in [-0.4, -0.2) is 19.9 Å². The lowest BCUT2D eigenvalue weighted by molar-refractivity contribution is 0.422. The molecule has 0 aliphatic rings. The minimum Gasteiger partial charge on any atom is -0.334 e. The first-order valence-corrected chi connectivity index (χ1v) is 4.24. The fourth-order valence-corrected chi connectivity index (χ4v) is 1.26. The molecule has 0 saturated heterocycles. The summed E-state index contributed by atoms with van der Waals surface area (Å²) >= 11 is 0. The van der Waals surface area contributed by atoms with Gasteiger partial charge in [-0.3, -0.25) is 4.68 Å². The summed E-state index contributed by atoms with van der Waals surface area (Å²) in [4.78, 5) is 4.12. The van der Waals surface area contributed by atoms with Gasteiger partial charge in [0.2, 0.25) is 0 Å². The zero-order valence-corrected chi connectivity index (χ0v) is 8.06. The van der Waals surface area contributed by atoms with Crippen molar-refractivity contribution < 1.29 is 4.52 Å². The SMILES string of the molecule is Cc1nn(C)cc1-c1nc(CN)no1. The van der Waals surface area contributed by atoms with Gasteiger partial charge in [-0.1, -0.05) is 5.16 Å². The molecule has 0 fully saturated rings. The van der Waals surface area contributed by atoms with E-state index >= 15 is 0 Å². The Morgan fingerprint density at radius 1 is 1.57 bits per heavy atom. The molecule has 2 heterocycles. The lowest BCUT2D eigenvalue weighted by Crippen LogP contribution is -1.97. The van der Waals surface area contributed by atoms with E-state index in [1.54, 1.807) is 4.68 Å². The monoisotopic (exact) mass is 193 g/mol. The summed E-state index contributed by atoms with van der Waals surface area (Å²) in [7, 11) is 1.84. The van der Waals surface area contributed by atoms with Crippen molar-refractivity contribution in [1.82, 2.24) is 19.9 Å². The van der Waals surface area contributed by atoms with Gasteiger partial charge < -0.3 is 10.3 Å². The van der Waals surface area contributed by atoms with Crippen LogP contribution in [0.3, 0.4) is 0 Å². The highest BCUT2D eigenvalue weighted by Crippen LogP contribution is 2.19. The quantitative estimate of drug-likeness (QED) is 0.738. The van der Waals surface area contributed by atoms with E-state index in [4.69, 9.17) is 10.3 Å². The smallest absolute Gasteiger partial charge is 0.261 e. The Bertz CT molecular complexity index is 444. The second-order valence-electron chi connectivity index (χ2n) is 3.02. The van der Waals surface area contributed by atoms with Gasteiger partial charge in [0.25, 0.3) is 5.89 Å². The van der Waals surface area contributed by atoms with Gasteiger partial charge in [-0.25, -0.2) is 0 Å². The van der Waals surface area contributed by atoms with Crippen LogP contribution in [0.4, 0.5) is 0 Å². The zero-order valence-electron chi connectivity index (χ0n) is 8.06. The molecule has 74 valence electrons. The van der Waals surface area contributed by atoms with Crippen LogP contribution in [0.5, 0.6) is 0 Å². The molecule has 0 unspecified atom stereocenters. The van der Waals surface area contributed by atoms with Gasteiger partial charge in [-0.15, -0.1) is 0 Å². The van der Waals surface area contributed by atoms with Crippen LogP contribution < -0.4 is 5.73 Å². The minimum atomic E-state index is 0.281. The molecule has 0 aliphatic carbocycles. The van der Waals surface area contributed by atoms with Crippen LogP contribution in [0.2, 0.25) is 0 Å². The summed E-state index contributed by atoms with van der Waals surface area (Å²) in [6.45, 7) is 2.17. The fourth-order valence-electron chi connectivity index (χ4n) is 1.26. The minimum absolute atomic E-state index is 0.281. The molecule has 2 aromatic heterocycles. The van der Waals surface area contributed by atoms with E-state index in [2.05, 4.69) is 15.2 Å². The molecule has 0 spiro atoms. The van der Waals surface area contributed by atoms with Crippen molar-refractivity contribution in [1.29, 1.82) is 0 Å². The molecular formula is C8H11N5O. The molecule has 0 aliphatic heterocycles. The molecule has 0 radical (unpaired) electrons. The standard InChI is InChI=1S/C8H11N5O/c1-5-6(4-13(2)11-5)8-10-7(3-9)12-14-8/h4H,3,9H2,1-2H3. The first-order chi connectivity index (χ1) is 6.70. The molecule has 2 N–H and O–H groups in total. The largest absolute Gasteiger partial charge is 0.334 e. The Morgan fingerprint density at radius 3 is 2.86 bits per heavy atom. The Balaban J connectivity index is 2.43. The maximum absolute atomic E-state index is 5.38. The molecule has 0 aromatic carbocycles. The summed E-state index contributed by atoms with van der Waals surface area (Å²) in [5.41, 5.74) is 7.09. The summed E-state index contributed by atoms with van der Waals surface area (Å²) in [6, 6.07) is 0. The van der Waals surface area contributed by atoms with Gasteiger partial charge in [0.15, 0.2) is 5.82 Å². The summed E-state index contributed by atoms with van der Waals surface area (Å²) in [5, 5.41) is 7.89. The lowest BCUT2D eigenvalue weighted by Gasteiger charge is -1.86. The average Bonchev–Trinajstić information content (AvgIpc) is 2.71. The van der Waals surface area contributed by atoms with Crippen molar-refractivity contribution >= 4 is 0 Å². The summed E-state index contributed by atoms with van der Waals surface area (Å²) < 4.78 is 6.75. The normalized spacial score (nSPS) is 10.8. The maximum atomic E-state index is 5.38. The number of hydrogen-bond donors (Lipinski definition) is 1. The topological polar surface area (TPSA) is 82.8 Å². The first-order valence-electron chi connectivity index (χ1n) is 4.24. The van der Waals surface area contributed by atoms with Gasteiger partial charge in [-0.2, -0.15) is 10.1 Å². The second-order valence-corrected chi connectivity index (χ2v) is 3.02. The van der Waals surface area contributed by atoms with Crippen molar-refractivity contribution in [2.45, 2.75) is 13.5 Å². The highest BCUT2D eigenvalue weighted by atomic mass is 16.5. The molecule has 6 nitrogen and oxygen atoms in total. The molecule has 0 saturated carbocycles. The van der Waals surface area contributed by atoms with Crippen molar-refractivity contribution in [3.63, 3.8) is 0 Å². The van der Waals surface area contributed by atoms with E-state index in [9.17, 15) is 0 Å². The molecule has 2 aromatic rings. The average molecular weight is 193 g/mol. The molecule has 0 amide bonds. The van der Waals surface area contributed by atoms with Gasteiger partial charge >= 0.3 is 0 Å². The summed E-state index contributed by atoms with van der Waals surface area (Å²) in [5.74, 6) is 0.972. The molecule has 6 heteroatoms. The van der Waals surface area contributed by atoms with E-state index < -0.39 is 0 Å². The summed E-state index contributed by atoms with van der Waals surface area (Å²) in [6.07, 6.45) is 1.84. The third-order valence-electron chi connectivity index (χ3n) is 1.89. The number of rotatable bonds is 2. The van der Waals surface area contributed by atoms with Crippen LogP contribution in [0.25, 0.3) is 11.5 Å². The molecule has 0 bridgehead atoms. The highest BCUT2D eigenvalue weighted by Gasteiger charge is 2.12. The van der Waals surface area contributed by atoms with Crippen molar-refractivity contribution in [3.8, 4) is 11.5 Å². The fraction of sp³-hybridized carbons (Fsp3) is 0.375. The Hall–Kier alpha value is -1.69. The Morgan fingerprint density at radius 2 is 2.36 bits per heavy atom. The van der Waals surface area contributed by atoms with E-state index in [0.29, 0.717) is 11.7 Å². The number of nitrogens with two attached hydrogens (primary N) is 1. The van der Waals surface area contributed by atoms with E-state index in [1.807, 2.05) is 20.2 Å². The number of aryl methyl sites for hydroxylation is 2. The third kappa shape index (κ3) is 1.39. The van der Waals surface area contributed by atoms with Crippen LogP contribution in [-0.2, 0) is 13.6 Å². The van der Waals surface area contributed by atoms with E-state index in [-0.39, 0.29) is 6.54 Å². The lowest BCUT2D eigenvalue weighted by atomic mass is 10.3. The Kier molecular flexibility index (Phi) is 2.05.